The summed E-state index contributed by atoms with van der Waals surface area (Å²) in [6, 6.07) is 4.73. The summed E-state index contributed by atoms with van der Waals surface area (Å²) in [7, 11) is 0. The number of benzene rings is 1. The van der Waals surface area contributed by atoms with E-state index in [2.05, 4.69) is 10.3 Å². The molecule has 0 bridgehead atoms. The minimum Gasteiger partial charge on any atom is -0.350 e. The van der Waals surface area contributed by atoms with E-state index in [4.69, 9.17) is 11.6 Å². The summed E-state index contributed by atoms with van der Waals surface area (Å²) in [5.74, 6) is 0.459. The number of hydrogen-bond donors (Lipinski definition) is 1. The Morgan fingerprint density at radius 3 is 2.76 bits per heavy atom. The highest BCUT2D eigenvalue weighted by molar-refractivity contribution is 6.17. The SMILES string of the molecule is CC(C)(C)NC(=O)Cn1c(CCCl)nc2c(F)cccc21. The molecule has 2 rings (SSSR count). The first-order valence-electron chi connectivity index (χ1n) is 6.82. The minimum atomic E-state index is -0.390. The molecule has 1 aromatic heterocycles. The molecule has 4 nitrogen and oxygen atoms in total. The number of nitrogens with one attached hydrogen (secondary N) is 1. The lowest BCUT2D eigenvalue weighted by molar-refractivity contribution is -0.123. The highest BCUT2D eigenvalue weighted by Gasteiger charge is 2.18. The van der Waals surface area contributed by atoms with Gasteiger partial charge in [-0.2, -0.15) is 0 Å². The van der Waals surface area contributed by atoms with Gasteiger partial charge in [-0.15, -0.1) is 11.6 Å². The number of halogens is 2. The zero-order chi connectivity index (χ0) is 15.6. The van der Waals surface area contributed by atoms with Crippen LogP contribution in [0.25, 0.3) is 11.0 Å². The fourth-order valence-corrected chi connectivity index (χ4v) is 2.38. The Kier molecular flexibility index (Phi) is 4.52. The summed E-state index contributed by atoms with van der Waals surface area (Å²) in [4.78, 5) is 16.4. The van der Waals surface area contributed by atoms with Crippen LogP contribution in [0.3, 0.4) is 0 Å². The Morgan fingerprint density at radius 2 is 2.14 bits per heavy atom. The lowest BCUT2D eigenvalue weighted by Crippen LogP contribution is -2.42. The predicted octanol–water partition coefficient (Wildman–Crippen LogP) is 2.87. The van der Waals surface area contributed by atoms with Gasteiger partial charge in [0.2, 0.25) is 5.91 Å². The lowest BCUT2D eigenvalue weighted by Gasteiger charge is -2.21. The molecule has 1 aromatic carbocycles. The molecule has 0 aliphatic heterocycles. The molecule has 0 unspecified atom stereocenters. The van der Waals surface area contributed by atoms with Crippen LogP contribution >= 0.6 is 11.6 Å². The second kappa shape index (κ2) is 6.02. The number of amides is 1. The summed E-state index contributed by atoms with van der Waals surface area (Å²) in [5, 5.41) is 2.89. The Labute approximate surface area is 128 Å². The zero-order valence-electron chi connectivity index (χ0n) is 12.4. The predicted molar refractivity (Wildman–Crippen MR) is 82.0 cm³/mol. The number of aryl methyl sites for hydroxylation is 1. The second-order valence-corrected chi connectivity index (χ2v) is 6.34. The van der Waals surface area contributed by atoms with E-state index in [0.717, 1.165) is 0 Å². The number of aromatic nitrogens is 2. The number of alkyl halides is 1. The quantitative estimate of drug-likeness (QED) is 0.883. The van der Waals surface area contributed by atoms with Crippen LogP contribution in [-0.4, -0.2) is 26.9 Å². The minimum absolute atomic E-state index is 0.101. The first kappa shape index (κ1) is 15.8. The van der Waals surface area contributed by atoms with Crippen LogP contribution in [-0.2, 0) is 17.8 Å². The van der Waals surface area contributed by atoms with Crippen molar-refractivity contribution < 1.29 is 9.18 Å². The largest absolute Gasteiger partial charge is 0.350 e. The zero-order valence-corrected chi connectivity index (χ0v) is 13.2. The van der Waals surface area contributed by atoms with E-state index in [9.17, 15) is 9.18 Å². The fraction of sp³-hybridized carbons (Fsp3) is 0.467. The van der Waals surface area contributed by atoms with Gasteiger partial charge in [0.15, 0.2) is 5.82 Å². The first-order chi connectivity index (χ1) is 9.81. The van der Waals surface area contributed by atoms with Gasteiger partial charge in [0, 0.05) is 17.8 Å². The molecule has 0 atom stereocenters. The smallest absolute Gasteiger partial charge is 0.240 e. The van der Waals surface area contributed by atoms with Crippen LogP contribution in [0, 0.1) is 5.82 Å². The molecule has 1 amide bonds. The Hall–Kier alpha value is -1.62. The molecular formula is C15H19ClFN3O. The molecule has 2 aromatic rings. The van der Waals surface area contributed by atoms with E-state index >= 15 is 0 Å². The summed E-state index contributed by atoms with van der Waals surface area (Å²) in [6.45, 7) is 5.84. The third-order valence-corrected chi connectivity index (χ3v) is 3.13. The Balaban J connectivity index is 2.39. The second-order valence-electron chi connectivity index (χ2n) is 5.96. The van der Waals surface area contributed by atoms with E-state index in [-0.39, 0.29) is 23.5 Å². The number of nitrogens with zero attached hydrogens (tertiary/aromatic N) is 2. The number of hydrogen-bond acceptors (Lipinski definition) is 2. The van der Waals surface area contributed by atoms with Crippen LogP contribution in [0.1, 0.15) is 26.6 Å². The van der Waals surface area contributed by atoms with E-state index in [1.54, 1.807) is 16.7 Å². The van der Waals surface area contributed by atoms with Gasteiger partial charge in [-0.3, -0.25) is 4.79 Å². The van der Waals surface area contributed by atoms with Crippen molar-refractivity contribution in [2.24, 2.45) is 0 Å². The number of imidazole rings is 1. The normalized spacial score (nSPS) is 11.9. The van der Waals surface area contributed by atoms with Crippen molar-refractivity contribution in [2.45, 2.75) is 39.3 Å². The third-order valence-electron chi connectivity index (χ3n) is 2.94. The molecular weight excluding hydrogens is 293 g/mol. The van der Waals surface area contributed by atoms with Crippen molar-refractivity contribution in [1.29, 1.82) is 0 Å². The van der Waals surface area contributed by atoms with Crippen LogP contribution in [0.5, 0.6) is 0 Å². The maximum atomic E-state index is 13.8. The Morgan fingerprint density at radius 1 is 1.43 bits per heavy atom. The van der Waals surface area contributed by atoms with Crippen LogP contribution in [0.15, 0.2) is 18.2 Å². The molecule has 0 saturated heterocycles. The Bertz CT molecular complexity index is 661. The molecule has 0 aliphatic carbocycles. The van der Waals surface area contributed by atoms with Crippen LogP contribution < -0.4 is 5.32 Å². The highest BCUT2D eigenvalue weighted by Crippen LogP contribution is 2.20. The number of rotatable bonds is 4. The van der Waals surface area contributed by atoms with Crippen molar-refractivity contribution in [3.8, 4) is 0 Å². The summed E-state index contributed by atoms with van der Waals surface area (Å²) < 4.78 is 15.5. The topological polar surface area (TPSA) is 46.9 Å². The average Bonchev–Trinajstić information content (AvgIpc) is 2.68. The van der Waals surface area contributed by atoms with Gasteiger partial charge < -0.3 is 9.88 Å². The molecule has 0 saturated carbocycles. The molecule has 0 fully saturated rings. The number of carbonyl (C=O) groups is 1. The number of para-hydroxylation sites is 1. The van der Waals surface area contributed by atoms with Gasteiger partial charge in [0.25, 0.3) is 0 Å². The summed E-state index contributed by atoms with van der Waals surface area (Å²) in [6.07, 6.45) is 0.485. The summed E-state index contributed by atoms with van der Waals surface area (Å²) in [5.41, 5.74) is 0.575. The van der Waals surface area contributed by atoms with Gasteiger partial charge in [-0.25, -0.2) is 9.37 Å². The van der Waals surface area contributed by atoms with Crippen LogP contribution in [0.4, 0.5) is 4.39 Å². The molecule has 0 aliphatic rings. The average molecular weight is 312 g/mol. The van der Waals surface area contributed by atoms with E-state index in [1.807, 2.05) is 20.8 Å². The van der Waals surface area contributed by atoms with Gasteiger partial charge in [0.05, 0.1) is 5.52 Å². The van der Waals surface area contributed by atoms with Gasteiger partial charge in [-0.05, 0) is 32.9 Å². The van der Waals surface area contributed by atoms with Crippen molar-refractivity contribution in [3.63, 3.8) is 0 Å². The molecule has 1 heterocycles. The van der Waals surface area contributed by atoms with Crippen molar-refractivity contribution in [3.05, 3.63) is 29.8 Å². The van der Waals surface area contributed by atoms with Crippen molar-refractivity contribution in [2.75, 3.05) is 5.88 Å². The van der Waals surface area contributed by atoms with Gasteiger partial charge in [0.1, 0.15) is 17.9 Å². The molecule has 21 heavy (non-hydrogen) atoms. The molecule has 6 heteroatoms. The highest BCUT2D eigenvalue weighted by atomic mass is 35.5. The maximum absolute atomic E-state index is 13.8. The first-order valence-corrected chi connectivity index (χ1v) is 7.36. The molecule has 0 spiro atoms. The number of carbonyl (C=O) groups excluding carboxylic acids is 1. The van der Waals surface area contributed by atoms with E-state index in [1.165, 1.54) is 6.07 Å². The fourth-order valence-electron chi connectivity index (χ4n) is 2.21. The maximum Gasteiger partial charge on any atom is 0.240 e. The van der Waals surface area contributed by atoms with Gasteiger partial charge >= 0.3 is 0 Å². The summed E-state index contributed by atoms with van der Waals surface area (Å²) >= 11 is 5.77. The standard InChI is InChI=1S/C15H19ClFN3O/c1-15(2,3)19-13(21)9-20-11-6-4-5-10(17)14(11)18-12(20)7-8-16/h4-6H,7-9H2,1-3H3,(H,19,21). The number of fused-ring (bicyclic) bond motifs is 1. The van der Waals surface area contributed by atoms with Gasteiger partial charge in [-0.1, -0.05) is 6.07 Å². The third kappa shape index (κ3) is 3.73. The molecule has 1 N–H and O–H groups in total. The molecule has 0 radical (unpaired) electrons. The molecule has 114 valence electrons. The van der Waals surface area contributed by atoms with E-state index in [0.29, 0.717) is 23.6 Å². The lowest BCUT2D eigenvalue weighted by atomic mass is 10.1. The van der Waals surface area contributed by atoms with Crippen molar-refractivity contribution in [1.82, 2.24) is 14.9 Å². The van der Waals surface area contributed by atoms with Crippen LogP contribution in [0.2, 0.25) is 0 Å². The van der Waals surface area contributed by atoms with E-state index < -0.39 is 5.82 Å². The van der Waals surface area contributed by atoms with Crippen molar-refractivity contribution >= 4 is 28.5 Å². The monoisotopic (exact) mass is 311 g/mol.